The van der Waals surface area contributed by atoms with Crippen molar-refractivity contribution in [3.05, 3.63) is 40.1 Å². The van der Waals surface area contributed by atoms with Crippen molar-refractivity contribution in [3.63, 3.8) is 0 Å². The van der Waals surface area contributed by atoms with Crippen LogP contribution in [0.3, 0.4) is 0 Å². The Morgan fingerprint density at radius 3 is 2.68 bits per heavy atom. The summed E-state index contributed by atoms with van der Waals surface area (Å²) >= 11 is 3.42. The number of nitrogens with two attached hydrogens (primary N) is 1. The Kier molecular flexibility index (Phi) is 4.34. The summed E-state index contributed by atoms with van der Waals surface area (Å²) < 4.78 is 0.705. The van der Waals surface area contributed by atoms with E-state index in [2.05, 4.69) is 62.6 Å². The fourth-order valence-corrected chi connectivity index (χ4v) is 2.24. The number of hydrazine groups is 1. The summed E-state index contributed by atoms with van der Waals surface area (Å²) in [6.07, 6.45) is 2.46. The first-order valence-electron chi connectivity index (χ1n) is 5.99. The molecule has 0 saturated carbocycles. The van der Waals surface area contributed by atoms with Gasteiger partial charge in [0.25, 0.3) is 0 Å². The molecule has 0 spiro atoms. The van der Waals surface area contributed by atoms with Gasteiger partial charge in [0.15, 0.2) is 5.82 Å². The van der Waals surface area contributed by atoms with Gasteiger partial charge in [0.1, 0.15) is 16.6 Å². The maximum atomic E-state index is 5.38. The summed E-state index contributed by atoms with van der Waals surface area (Å²) in [5.41, 5.74) is 6.11. The van der Waals surface area contributed by atoms with E-state index in [0.717, 1.165) is 12.1 Å². The van der Waals surface area contributed by atoms with Crippen LogP contribution >= 0.6 is 15.9 Å². The molecule has 0 atom stereocenters. The van der Waals surface area contributed by atoms with Crippen molar-refractivity contribution < 1.29 is 0 Å². The minimum atomic E-state index is 0.542. The molecule has 0 unspecified atom stereocenters. The first-order chi connectivity index (χ1) is 9.15. The van der Waals surface area contributed by atoms with Gasteiger partial charge in [-0.25, -0.2) is 15.8 Å². The number of aromatic nitrogens is 2. The van der Waals surface area contributed by atoms with Crippen molar-refractivity contribution in [2.24, 2.45) is 5.84 Å². The van der Waals surface area contributed by atoms with Crippen molar-refractivity contribution in [1.29, 1.82) is 0 Å². The molecule has 0 amide bonds. The van der Waals surface area contributed by atoms with E-state index < -0.39 is 0 Å². The lowest BCUT2D eigenvalue weighted by atomic mass is 10.1. The third kappa shape index (κ3) is 3.02. The third-order valence-electron chi connectivity index (χ3n) is 2.92. The average molecular weight is 322 g/mol. The van der Waals surface area contributed by atoms with E-state index in [-0.39, 0.29) is 0 Å². The molecule has 100 valence electrons. The van der Waals surface area contributed by atoms with Crippen molar-refractivity contribution in [2.75, 3.05) is 10.7 Å². The lowest BCUT2D eigenvalue weighted by Crippen LogP contribution is -2.10. The molecule has 4 N–H and O–H groups in total. The molecule has 0 fully saturated rings. The van der Waals surface area contributed by atoms with Gasteiger partial charge in [-0.1, -0.05) is 13.0 Å². The Morgan fingerprint density at radius 1 is 1.26 bits per heavy atom. The molecule has 1 aromatic carbocycles. The second-order valence-electron chi connectivity index (χ2n) is 4.15. The van der Waals surface area contributed by atoms with Gasteiger partial charge in [-0.05, 0) is 52.5 Å². The summed E-state index contributed by atoms with van der Waals surface area (Å²) in [6.45, 7) is 4.25. The number of aryl methyl sites for hydroxylation is 2. The van der Waals surface area contributed by atoms with Crippen LogP contribution in [0.1, 0.15) is 18.1 Å². The summed E-state index contributed by atoms with van der Waals surface area (Å²) in [4.78, 5) is 8.21. The van der Waals surface area contributed by atoms with Gasteiger partial charge < -0.3 is 10.7 Å². The number of rotatable bonds is 4. The SMILES string of the molecule is CCc1cc(Nc2ncnc(NN)c2Br)ccc1C. The summed E-state index contributed by atoms with van der Waals surface area (Å²) in [7, 11) is 0. The van der Waals surface area contributed by atoms with E-state index in [1.165, 1.54) is 17.5 Å². The quantitative estimate of drug-likeness (QED) is 0.595. The number of nitrogens with zero attached hydrogens (tertiary/aromatic N) is 2. The number of benzene rings is 1. The zero-order chi connectivity index (χ0) is 13.8. The number of halogens is 1. The number of hydrogen-bond donors (Lipinski definition) is 3. The highest BCUT2D eigenvalue weighted by Crippen LogP contribution is 2.29. The van der Waals surface area contributed by atoms with Crippen LogP contribution in [0, 0.1) is 6.92 Å². The molecular formula is C13H16BrN5. The Morgan fingerprint density at radius 2 is 2.00 bits per heavy atom. The molecule has 0 radical (unpaired) electrons. The van der Waals surface area contributed by atoms with Crippen molar-refractivity contribution in [3.8, 4) is 0 Å². The van der Waals surface area contributed by atoms with Gasteiger partial charge in [0.2, 0.25) is 0 Å². The molecule has 0 aliphatic carbocycles. The van der Waals surface area contributed by atoms with Gasteiger partial charge in [-0.2, -0.15) is 0 Å². The zero-order valence-electron chi connectivity index (χ0n) is 10.9. The topological polar surface area (TPSA) is 75.9 Å². The van der Waals surface area contributed by atoms with Crippen molar-refractivity contribution >= 4 is 33.3 Å². The molecular weight excluding hydrogens is 306 g/mol. The van der Waals surface area contributed by atoms with Crippen LogP contribution in [0.2, 0.25) is 0 Å². The molecule has 1 aromatic heterocycles. The maximum Gasteiger partial charge on any atom is 0.159 e. The highest BCUT2D eigenvalue weighted by atomic mass is 79.9. The first kappa shape index (κ1) is 13.8. The van der Waals surface area contributed by atoms with Crippen LogP contribution < -0.4 is 16.6 Å². The molecule has 2 rings (SSSR count). The predicted molar refractivity (Wildman–Crippen MR) is 81.4 cm³/mol. The van der Waals surface area contributed by atoms with Crippen LogP contribution in [0.4, 0.5) is 17.3 Å². The van der Waals surface area contributed by atoms with Gasteiger partial charge in [-0.15, -0.1) is 0 Å². The molecule has 19 heavy (non-hydrogen) atoms. The number of hydrogen-bond acceptors (Lipinski definition) is 5. The Bertz CT molecular complexity index is 585. The Hall–Kier alpha value is -1.66. The zero-order valence-corrected chi connectivity index (χ0v) is 12.5. The largest absolute Gasteiger partial charge is 0.339 e. The van der Waals surface area contributed by atoms with Gasteiger partial charge in [-0.3, -0.25) is 0 Å². The van der Waals surface area contributed by atoms with E-state index in [9.17, 15) is 0 Å². The van der Waals surface area contributed by atoms with Crippen molar-refractivity contribution in [1.82, 2.24) is 9.97 Å². The minimum absolute atomic E-state index is 0.542. The number of nitrogen functional groups attached to an aromatic ring is 1. The molecule has 5 nitrogen and oxygen atoms in total. The monoisotopic (exact) mass is 321 g/mol. The van der Waals surface area contributed by atoms with Crippen LogP contribution in [0.5, 0.6) is 0 Å². The van der Waals surface area contributed by atoms with Gasteiger partial charge in [0.05, 0.1) is 0 Å². The van der Waals surface area contributed by atoms with E-state index in [4.69, 9.17) is 5.84 Å². The number of anilines is 3. The summed E-state index contributed by atoms with van der Waals surface area (Å²) in [5.74, 6) is 6.60. The van der Waals surface area contributed by atoms with E-state index in [1.807, 2.05) is 6.07 Å². The second-order valence-corrected chi connectivity index (χ2v) is 4.94. The molecule has 1 heterocycles. The van der Waals surface area contributed by atoms with E-state index >= 15 is 0 Å². The lowest BCUT2D eigenvalue weighted by molar-refractivity contribution is 1.10. The van der Waals surface area contributed by atoms with Crippen LogP contribution in [-0.4, -0.2) is 9.97 Å². The lowest BCUT2D eigenvalue weighted by Gasteiger charge is -2.11. The molecule has 0 saturated heterocycles. The molecule has 6 heteroatoms. The second kappa shape index (κ2) is 5.99. The molecule has 0 bridgehead atoms. The highest BCUT2D eigenvalue weighted by Gasteiger charge is 2.08. The predicted octanol–water partition coefficient (Wildman–Crippen LogP) is 3.14. The van der Waals surface area contributed by atoms with E-state index in [1.54, 1.807) is 0 Å². The summed E-state index contributed by atoms with van der Waals surface area (Å²) in [6, 6.07) is 6.25. The fourth-order valence-electron chi connectivity index (χ4n) is 1.82. The van der Waals surface area contributed by atoms with E-state index in [0.29, 0.717) is 16.1 Å². The average Bonchev–Trinajstić information content (AvgIpc) is 2.43. The summed E-state index contributed by atoms with van der Waals surface area (Å²) in [5, 5.41) is 3.26. The molecule has 2 aromatic rings. The van der Waals surface area contributed by atoms with Crippen LogP contribution in [0.25, 0.3) is 0 Å². The smallest absolute Gasteiger partial charge is 0.159 e. The molecule has 0 aliphatic rings. The Balaban J connectivity index is 2.31. The van der Waals surface area contributed by atoms with Gasteiger partial charge >= 0.3 is 0 Å². The standard InChI is InChI=1S/C13H16BrN5/c1-3-9-6-10(5-4-8(9)2)18-12-11(14)13(19-15)17-7-16-12/h4-7H,3,15H2,1-2H3,(H2,16,17,18,19). The fraction of sp³-hybridized carbons (Fsp3) is 0.231. The molecule has 0 aliphatic heterocycles. The normalized spacial score (nSPS) is 10.3. The minimum Gasteiger partial charge on any atom is -0.339 e. The maximum absolute atomic E-state index is 5.38. The van der Waals surface area contributed by atoms with Crippen LogP contribution in [0.15, 0.2) is 29.0 Å². The van der Waals surface area contributed by atoms with Crippen LogP contribution in [-0.2, 0) is 6.42 Å². The third-order valence-corrected chi connectivity index (χ3v) is 3.67. The van der Waals surface area contributed by atoms with Gasteiger partial charge in [0, 0.05) is 5.69 Å². The van der Waals surface area contributed by atoms with Crippen molar-refractivity contribution in [2.45, 2.75) is 20.3 Å². The Labute approximate surface area is 120 Å². The first-order valence-corrected chi connectivity index (χ1v) is 6.78. The highest BCUT2D eigenvalue weighted by molar-refractivity contribution is 9.10. The number of nitrogens with one attached hydrogen (secondary N) is 2.